The molecule has 3 N–H and O–H groups in total. The van der Waals surface area contributed by atoms with E-state index in [4.69, 9.17) is 5.73 Å². The molecule has 2 heteroatoms. The maximum atomic E-state index is 10.3. The van der Waals surface area contributed by atoms with E-state index < -0.39 is 0 Å². The van der Waals surface area contributed by atoms with Gasteiger partial charge in [-0.1, -0.05) is 12.1 Å². The summed E-state index contributed by atoms with van der Waals surface area (Å²) in [7, 11) is 0. The summed E-state index contributed by atoms with van der Waals surface area (Å²) >= 11 is 0. The zero-order valence-electron chi connectivity index (χ0n) is 10.7. The van der Waals surface area contributed by atoms with Crippen LogP contribution in [0.3, 0.4) is 0 Å². The van der Waals surface area contributed by atoms with Crippen LogP contribution in [0.15, 0.2) is 24.3 Å². The number of rotatable bonds is 1. The van der Waals surface area contributed by atoms with E-state index in [0.717, 1.165) is 11.6 Å². The van der Waals surface area contributed by atoms with Gasteiger partial charge in [0.15, 0.2) is 0 Å². The molecule has 0 aromatic heterocycles. The molecule has 1 aromatic rings. The maximum absolute atomic E-state index is 10.3. The van der Waals surface area contributed by atoms with E-state index >= 15 is 0 Å². The van der Waals surface area contributed by atoms with E-state index in [2.05, 4.69) is 12.1 Å². The van der Waals surface area contributed by atoms with E-state index in [1.807, 2.05) is 12.1 Å². The molecule has 0 aliphatic heterocycles. The minimum Gasteiger partial charge on any atom is -0.399 e. The molecule has 1 aromatic carbocycles. The highest BCUT2D eigenvalue weighted by Crippen LogP contribution is 2.60. The van der Waals surface area contributed by atoms with Crippen LogP contribution in [0.5, 0.6) is 0 Å². The van der Waals surface area contributed by atoms with Crippen molar-refractivity contribution in [1.29, 1.82) is 0 Å². The summed E-state index contributed by atoms with van der Waals surface area (Å²) in [6.45, 7) is 0. The third kappa shape index (κ3) is 1.38. The van der Waals surface area contributed by atoms with Gasteiger partial charge in [0, 0.05) is 5.69 Å². The Bertz CT molecular complexity index is 450. The zero-order valence-corrected chi connectivity index (χ0v) is 10.7. The lowest BCUT2D eigenvalue weighted by Gasteiger charge is -2.59. The topological polar surface area (TPSA) is 46.2 Å². The van der Waals surface area contributed by atoms with Gasteiger partial charge in [0.2, 0.25) is 0 Å². The Kier molecular flexibility index (Phi) is 2.12. The molecule has 0 spiro atoms. The van der Waals surface area contributed by atoms with E-state index in [1.54, 1.807) is 0 Å². The van der Waals surface area contributed by atoms with Crippen LogP contribution in [0, 0.1) is 17.8 Å². The molecule has 5 atom stereocenters. The van der Waals surface area contributed by atoms with Crippen LogP contribution < -0.4 is 5.73 Å². The van der Waals surface area contributed by atoms with E-state index in [-0.39, 0.29) is 6.10 Å². The van der Waals surface area contributed by atoms with Gasteiger partial charge in [0.25, 0.3) is 0 Å². The quantitative estimate of drug-likeness (QED) is 0.745. The summed E-state index contributed by atoms with van der Waals surface area (Å²) in [6.07, 6.45) is 6.19. The van der Waals surface area contributed by atoms with Gasteiger partial charge in [-0.25, -0.2) is 0 Å². The number of nitrogens with two attached hydrogens (primary N) is 1. The molecule has 0 heterocycles. The smallest absolute Gasteiger partial charge is 0.0597 e. The predicted molar refractivity (Wildman–Crippen MR) is 72.1 cm³/mol. The summed E-state index contributed by atoms with van der Waals surface area (Å²) in [5.74, 6) is 1.95. The first-order valence-electron chi connectivity index (χ1n) is 7.20. The van der Waals surface area contributed by atoms with Crippen LogP contribution in [0.25, 0.3) is 0 Å². The fourth-order valence-corrected chi connectivity index (χ4v) is 5.19. The first-order valence-corrected chi connectivity index (χ1v) is 7.20. The molecule has 96 valence electrons. The van der Waals surface area contributed by atoms with Gasteiger partial charge < -0.3 is 10.8 Å². The minimum atomic E-state index is -0.0246. The van der Waals surface area contributed by atoms with Crippen molar-refractivity contribution in [3.05, 3.63) is 29.8 Å². The van der Waals surface area contributed by atoms with Crippen LogP contribution in [-0.2, 0) is 5.41 Å². The van der Waals surface area contributed by atoms with Crippen molar-refractivity contribution in [2.24, 2.45) is 17.8 Å². The molecule has 4 bridgehead atoms. The highest BCUT2D eigenvalue weighted by atomic mass is 16.3. The Morgan fingerprint density at radius 1 is 1.00 bits per heavy atom. The molecule has 4 saturated carbocycles. The third-order valence-corrected chi connectivity index (χ3v) is 5.75. The molecule has 4 fully saturated rings. The molecule has 18 heavy (non-hydrogen) atoms. The van der Waals surface area contributed by atoms with Gasteiger partial charge in [0.1, 0.15) is 0 Å². The second kappa shape index (κ2) is 3.51. The average molecular weight is 243 g/mol. The van der Waals surface area contributed by atoms with Crippen molar-refractivity contribution in [2.75, 3.05) is 5.73 Å². The SMILES string of the molecule is Nc1ccc(C23CC4C[C@H](C2)C(O)[C@@H](C4)C3)cc1. The third-order valence-electron chi connectivity index (χ3n) is 5.75. The van der Waals surface area contributed by atoms with Crippen LogP contribution in [0.2, 0.25) is 0 Å². The number of aliphatic hydroxyl groups excluding tert-OH is 1. The number of benzene rings is 1. The second-order valence-corrected chi connectivity index (χ2v) is 6.86. The summed E-state index contributed by atoms with van der Waals surface area (Å²) in [4.78, 5) is 0. The van der Waals surface area contributed by atoms with Crippen molar-refractivity contribution < 1.29 is 5.11 Å². The van der Waals surface area contributed by atoms with Crippen LogP contribution in [0.4, 0.5) is 5.69 Å². The molecule has 0 radical (unpaired) electrons. The summed E-state index contributed by atoms with van der Waals surface area (Å²) in [5, 5.41) is 10.3. The molecule has 0 amide bonds. The second-order valence-electron chi connectivity index (χ2n) is 6.86. The van der Waals surface area contributed by atoms with Crippen molar-refractivity contribution in [3.8, 4) is 0 Å². The molecular formula is C16H21NO. The lowest BCUT2D eigenvalue weighted by atomic mass is 9.47. The molecular weight excluding hydrogens is 222 g/mol. The Hall–Kier alpha value is -1.02. The fraction of sp³-hybridized carbons (Fsp3) is 0.625. The van der Waals surface area contributed by atoms with Crippen molar-refractivity contribution in [1.82, 2.24) is 0 Å². The standard InChI is InChI=1S/C16H21NO/c17-14-3-1-13(2-4-14)16-7-10-5-11(8-16)15(18)12(6-10)9-16/h1-4,10-12,15,18H,5-9,17H2/t10?,11-,12+,15?,16?. The Balaban J connectivity index is 1.74. The Morgan fingerprint density at radius 2 is 1.61 bits per heavy atom. The van der Waals surface area contributed by atoms with Gasteiger partial charge >= 0.3 is 0 Å². The molecule has 2 nitrogen and oxygen atoms in total. The Morgan fingerprint density at radius 3 is 2.22 bits per heavy atom. The normalized spacial score (nSPS) is 45.4. The van der Waals surface area contributed by atoms with Gasteiger partial charge in [-0.05, 0) is 73.0 Å². The lowest BCUT2D eigenvalue weighted by Crippen LogP contribution is -2.55. The summed E-state index contributed by atoms with van der Waals surface area (Å²) in [5.41, 5.74) is 8.46. The maximum Gasteiger partial charge on any atom is 0.0597 e. The minimum absolute atomic E-state index is 0.0246. The van der Waals surface area contributed by atoms with Crippen molar-refractivity contribution >= 4 is 5.69 Å². The Labute approximate surface area is 108 Å². The van der Waals surface area contributed by atoms with Crippen molar-refractivity contribution in [3.63, 3.8) is 0 Å². The number of aliphatic hydroxyl groups is 1. The number of nitrogen functional groups attached to an aromatic ring is 1. The average Bonchev–Trinajstić information content (AvgIpc) is 2.35. The predicted octanol–water partition coefficient (Wildman–Crippen LogP) is 2.71. The monoisotopic (exact) mass is 243 g/mol. The van der Waals surface area contributed by atoms with Gasteiger partial charge in [0.05, 0.1) is 6.10 Å². The molecule has 5 rings (SSSR count). The number of hydrogen-bond donors (Lipinski definition) is 2. The molecule has 3 unspecified atom stereocenters. The van der Waals surface area contributed by atoms with E-state index in [9.17, 15) is 5.11 Å². The zero-order chi connectivity index (χ0) is 12.3. The first-order chi connectivity index (χ1) is 8.66. The van der Waals surface area contributed by atoms with Crippen LogP contribution in [-0.4, -0.2) is 11.2 Å². The van der Waals surface area contributed by atoms with Gasteiger partial charge in [-0.3, -0.25) is 0 Å². The first kappa shape index (κ1) is 10.9. The number of hydrogen-bond acceptors (Lipinski definition) is 2. The van der Waals surface area contributed by atoms with Gasteiger partial charge in [-0.2, -0.15) is 0 Å². The van der Waals surface area contributed by atoms with E-state index in [1.165, 1.54) is 37.7 Å². The van der Waals surface area contributed by atoms with E-state index in [0.29, 0.717) is 17.3 Å². The highest BCUT2D eigenvalue weighted by molar-refractivity contribution is 5.42. The molecule has 0 saturated heterocycles. The largest absolute Gasteiger partial charge is 0.399 e. The summed E-state index contributed by atoms with van der Waals surface area (Å²) in [6, 6.07) is 8.50. The lowest BCUT2D eigenvalue weighted by molar-refractivity contribution is -0.106. The van der Waals surface area contributed by atoms with Crippen molar-refractivity contribution in [2.45, 2.75) is 43.6 Å². The number of anilines is 1. The van der Waals surface area contributed by atoms with Crippen LogP contribution >= 0.6 is 0 Å². The van der Waals surface area contributed by atoms with Crippen LogP contribution in [0.1, 0.15) is 37.7 Å². The highest BCUT2D eigenvalue weighted by Gasteiger charge is 2.55. The molecule has 4 aliphatic carbocycles. The van der Waals surface area contributed by atoms with Gasteiger partial charge in [-0.15, -0.1) is 0 Å². The molecule has 4 aliphatic rings. The summed E-state index contributed by atoms with van der Waals surface area (Å²) < 4.78 is 0. The fourth-order valence-electron chi connectivity index (χ4n) is 5.19.